The van der Waals surface area contributed by atoms with Crippen LogP contribution in [0, 0.1) is 11.3 Å². The van der Waals surface area contributed by atoms with Gasteiger partial charge in [-0.15, -0.1) is 13.2 Å². The number of nitrogens with zero attached hydrogens (tertiary/aromatic N) is 1. The van der Waals surface area contributed by atoms with Gasteiger partial charge in [0.1, 0.15) is 0 Å². The Morgan fingerprint density at radius 3 is 2.38 bits per heavy atom. The number of fused-ring (bicyclic) bond motifs is 1. The van der Waals surface area contributed by atoms with E-state index in [1.54, 1.807) is 12.3 Å². The summed E-state index contributed by atoms with van der Waals surface area (Å²) in [6, 6.07) is 17.2. The highest BCUT2D eigenvalue weighted by atomic mass is 16.1. The quantitative estimate of drug-likeness (QED) is 0.689. The van der Waals surface area contributed by atoms with Crippen LogP contribution in [0.4, 0.5) is 0 Å². The smallest absolute Gasteiger partial charge is 0.255 e. The van der Waals surface area contributed by atoms with Crippen molar-refractivity contribution >= 4 is 10.8 Å². The number of hydrogen-bond donors (Lipinski definition) is 1. The molecule has 0 amide bonds. The van der Waals surface area contributed by atoms with Crippen molar-refractivity contribution in [2.24, 2.45) is 0 Å². The normalized spacial score (nSPS) is 9.04. The third kappa shape index (κ3) is 4.44. The topological polar surface area (TPSA) is 56.6 Å². The zero-order valence-corrected chi connectivity index (χ0v) is 14.2. The van der Waals surface area contributed by atoms with Gasteiger partial charge in [0.25, 0.3) is 5.56 Å². The lowest BCUT2D eigenvalue weighted by Gasteiger charge is -2.06. The summed E-state index contributed by atoms with van der Waals surface area (Å²) in [5, 5.41) is 10.6. The van der Waals surface area contributed by atoms with E-state index in [1.165, 1.54) is 0 Å². The summed E-state index contributed by atoms with van der Waals surface area (Å²) >= 11 is 0. The van der Waals surface area contributed by atoms with Gasteiger partial charge in [0.15, 0.2) is 0 Å². The van der Waals surface area contributed by atoms with Crippen molar-refractivity contribution in [3.05, 3.63) is 94.9 Å². The molecule has 0 aliphatic carbocycles. The van der Waals surface area contributed by atoms with Crippen LogP contribution in [0.25, 0.3) is 10.8 Å². The molecule has 0 aliphatic rings. The Morgan fingerprint density at radius 1 is 1.04 bits per heavy atom. The monoisotopic (exact) mass is 318 g/mol. The van der Waals surface area contributed by atoms with Crippen molar-refractivity contribution in [3.63, 3.8) is 0 Å². The highest BCUT2D eigenvalue weighted by molar-refractivity contribution is 5.84. The van der Waals surface area contributed by atoms with Crippen molar-refractivity contribution < 1.29 is 0 Å². The summed E-state index contributed by atoms with van der Waals surface area (Å²) in [5.74, 6) is 0. The molecule has 0 fully saturated rings. The number of hydrogen-bond acceptors (Lipinski definition) is 2. The second-order valence-electron chi connectivity index (χ2n) is 4.68. The molecule has 1 heterocycles. The summed E-state index contributed by atoms with van der Waals surface area (Å²) in [6.45, 7) is 10.0. The molecule has 3 aromatic rings. The average Bonchev–Trinajstić information content (AvgIpc) is 2.68. The fraction of sp³-hybridized carbons (Fsp3) is 0.143. The lowest BCUT2D eigenvalue weighted by molar-refractivity contribution is 1.15. The molecular weight excluding hydrogens is 296 g/mol. The Morgan fingerprint density at radius 2 is 1.71 bits per heavy atom. The van der Waals surface area contributed by atoms with E-state index in [9.17, 15) is 4.79 Å². The zero-order valence-electron chi connectivity index (χ0n) is 14.2. The summed E-state index contributed by atoms with van der Waals surface area (Å²) in [7, 11) is 0. The molecule has 0 radical (unpaired) electrons. The van der Waals surface area contributed by atoms with E-state index in [0.29, 0.717) is 17.4 Å². The van der Waals surface area contributed by atoms with E-state index in [-0.39, 0.29) is 5.56 Å². The molecule has 0 saturated carbocycles. The van der Waals surface area contributed by atoms with Gasteiger partial charge in [-0.05, 0) is 41.1 Å². The van der Waals surface area contributed by atoms with Crippen LogP contribution >= 0.6 is 0 Å². The van der Waals surface area contributed by atoms with Crippen molar-refractivity contribution in [2.45, 2.75) is 20.3 Å². The van der Waals surface area contributed by atoms with Gasteiger partial charge in [-0.2, -0.15) is 5.26 Å². The maximum atomic E-state index is 11.8. The predicted molar refractivity (Wildman–Crippen MR) is 101 cm³/mol. The molecule has 0 aliphatic heterocycles. The molecule has 0 saturated heterocycles. The number of aromatic nitrogens is 1. The molecule has 3 heteroatoms. The minimum absolute atomic E-state index is 0.0740. The lowest BCUT2D eigenvalue weighted by Crippen LogP contribution is -2.07. The molecule has 2 aromatic carbocycles. The van der Waals surface area contributed by atoms with Gasteiger partial charge in [-0.25, -0.2) is 0 Å². The lowest BCUT2D eigenvalue weighted by atomic mass is 10.00. The summed E-state index contributed by atoms with van der Waals surface area (Å²) < 4.78 is 0. The van der Waals surface area contributed by atoms with E-state index < -0.39 is 0 Å². The summed E-state index contributed by atoms with van der Waals surface area (Å²) in [4.78, 5) is 14.6. The van der Waals surface area contributed by atoms with Gasteiger partial charge in [-0.1, -0.05) is 44.2 Å². The molecule has 122 valence electrons. The second kappa shape index (κ2) is 9.81. The van der Waals surface area contributed by atoms with Crippen LogP contribution in [0.1, 0.15) is 30.5 Å². The van der Waals surface area contributed by atoms with E-state index >= 15 is 0 Å². The second-order valence-corrected chi connectivity index (χ2v) is 4.68. The number of pyridine rings is 1. The molecule has 24 heavy (non-hydrogen) atoms. The largest absolute Gasteiger partial charge is 0.328 e. The number of benzene rings is 2. The highest BCUT2D eigenvalue weighted by Gasteiger charge is 2.05. The van der Waals surface area contributed by atoms with Crippen LogP contribution in [-0.2, 0) is 6.42 Å². The molecule has 0 bridgehead atoms. The summed E-state index contributed by atoms with van der Waals surface area (Å²) in [6.07, 6.45) is 2.44. The number of nitriles is 1. The maximum absolute atomic E-state index is 11.8. The maximum Gasteiger partial charge on any atom is 0.255 e. The fourth-order valence-corrected chi connectivity index (χ4v) is 2.39. The molecular formula is C21H22N2O. The fourth-order valence-electron chi connectivity index (χ4n) is 2.39. The molecule has 0 atom stereocenters. The average molecular weight is 318 g/mol. The number of nitrogens with one attached hydrogen (secondary N) is 1. The van der Waals surface area contributed by atoms with Crippen LogP contribution in [0.2, 0.25) is 0 Å². The first-order valence-electron chi connectivity index (χ1n) is 7.86. The molecule has 3 nitrogen and oxygen atoms in total. The molecule has 3 rings (SSSR count). The standard InChI is InChI=1S/C17H12N2O.C2H6.C2H4/c18-10-13-5-3-4-12(8-13)9-14-11-19-17(20)16-7-2-1-6-15(14)16;2*1-2/h1-8,11H,9H2,(H,19,20);1-2H3;1-2H2. The number of aromatic amines is 1. The van der Waals surface area contributed by atoms with E-state index in [2.05, 4.69) is 24.2 Å². The van der Waals surface area contributed by atoms with Crippen molar-refractivity contribution in [1.29, 1.82) is 5.26 Å². The van der Waals surface area contributed by atoms with Crippen LogP contribution in [0.15, 0.2) is 72.7 Å². The third-order valence-corrected chi connectivity index (χ3v) is 3.35. The van der Waals surface area contributed by atoms with Gasteiger partial charge in [0.05, 0.1) is 11.6 Å². The minimum atomic E-state index is -0.0740. The van der Waals surface area contributed by atoms with Crippen molar-refractivity contribution in [1.82, 2.24) is 4.98 Å². The number of H-pyrrole nitrogens is 1. The zero-order chi connectivity index (χ0) is 17.9. The van der Waals surface area contributed by atoms with E-state index in [0.717, 1.165) is 16.5 Å². The van der Waals surface area contributed by atoms with E-state index in [4.69, 9.17) is 5.26 Å². The van der Waals surface area contributed by atoms with Crippen LogP contribution in [-0.4, -0.2) is 4.98 Å². The van der Waals surface area contributed by atoms with Gasteiger partial charge in [0, 0.05) is 11.6 Å². The first-order chi connectivity index (χ1) is 11.8. The molecule has 0 spiro atoms. The number of rotatable bonds is 2. The van der Waals surface area contributed by atoms with Gasteiger partial charge >= 0.3 is 0 Å². The Labute approximate surface area is 142 Å². The first-order valence-corrected chi connectivity index (χ1v) is 7.86. The van der Waals surface area contributed by atoms with Gasteiger partial charge in [0.2, 0.25) is 0 Å². The predicted octanol–water partition coefficient (Wildman–Crippen LogP) is 4.82. The molecule has 1 N–H and O–H groups in total. The van der Waals surface area contributed by atoms with Crippen LogP contribution < -0.4 is 5.56 Å². The first kappa shape index (κ1) is 18.9. The Kier molecular flexibility index (Phi) is 7.73. The van der Waals surface area contributed by atoms with Crippen LogP contribution in [0.3, 0.4) is 0 Å². The molecule has 1 aromatic heterocycles. The van der Waals surface area contributed by atoms with E-state index in [1.807, 2.05) is 56.3 Å². The third-order valence-electron chi connectivity index (χ3n) is 3.35. The van der Waals surface area contributed by atoms with Gasteiger partial charge < -0.3 is 4.98 Å². The highest BCUT2D eigenvalue weighted by Crippen LogP contribution is 2.18. The Balaban J connectivity index is 0.000000671. The molecule has 0 unspecified atom stereocenters. The Bertz CT molecular complexity index is 888. The van der Waals surface area contributed by atoms with Crippen molar-refractivity contribution in [3.8, 4) is 6.07 Å². The van der Waals surface area contributed by atoms with Crippen molar-refractivity contribution in [2.75, 3.05) is 0 Å². The summed E-state index contributed by atoms with van der Waals surface area (Å²) in [5.41, 5.74) is 2.68. The SMILES string of the molecule is C=C.CC.N#Cc1cccc(Cc2c[nH]c(=O)c3ccccc23)c1. The van der Waals surface area contributed by atoms with Crippen LogP contribution in [0.5, 0.6) is 0 Å². The minimum Gasteiger partial charge on any atom is -0.328 e. The van der Waals surface area contributed by atoms with Gasteiger partial charge in [-0.3, -0.25) is 4.79 Å². The Hall–Kier alpha value is -3.12.